The molecule has 1 aliphatic heterocycles. The van der Waals surface area contributed by atoms with Crippen molar-refractivity contribution in [3.63, 3.8) is 0 Å². The standard InChI is InChI=1S/C13H24N2O.ClH/c1-14-12-8-5-9-15(10-12)13(16)11-6-3-2-4-7-11;/h11-12,14H,2-10H2,1H3;1H/t12-;/m0./s1. The van der Waals surface area contributed by atoms with Crippen molar-refractivity contribution in [2.24, 2.45) is 5.92 Å². The van der Waals surface area contributed by atoms with Gasteiger partial charge in [-0.25, -0.2) is 0 Å². The van der Waals surface area contributed by atoms with Crippen molar-refractivity contribution in [1.29, 1.82) is 0 Å². The fourth-order valence-corrected chi connectivity index (χ4v) is 3.02. The fraction of sp³-hybridized carbons (Fsp3) is 0.923. The molecule has 0 aromatic heterocycles. The van der Waals surface area contributed by atoms with Crippen molar-refractivity contribution in [1.82, 2.24) is 10.2 Å². The summed E-state index contributed by atoms with van der Waals surface area (Å²) >= 11 is 0. The van der Waals surface area contributed by atoms with E-state index in [9.17, 15) is 4.79 Å². The molecule has 0 aromatic carbocycles. The largest absolute Gasteiger partial charge is 0.341 e. The number of halogens is 1. The van der Waals surface area contributed by atoms with Crippen LogP contribution in [-0.2, 0) is 4.79 Å². The van der Waals surface area contributed by atoms with Crippen LogP contribution in [0.3, 0.4) is 0 Å². The van der Waals surface area contributed by atoms with E-state index in [-0.39, 0.29) is 12.4 Å². The lowest BCUT2D eigenvalue weighted by atomic mass is 9.87. The van der Waals surface area contributed by atoms with Gasteiger partial charge in [0.05, 0.1) is 0 Å². The zero-order valence-corrected chi connectivity index (χ0v) is 11.6. The smallest absolute Gasteiger partial charge is 0.225 e. The zero-order chi connectivity index (χ0) is 11.4. The molecule has 1 heterocycles. The van der Waals surface area contributed by atoms with Gasteiger partial charge in [0.1, 0.15) is 0 Å². The van der Waals surface area contributed by atoms with Crippen LogP contribution in [0.15, 0.2) is 0 Å². The molecule has 0 spiro atoms. The highest BCUT2D eigenvalue weighted by molar-refractivity contribution is 5.85. The lowest BCUT2D eigenvalue weighted by molar-refractivity contribution is -0.137. The first kappa shape index (κ1) is 14.8. The van der Waals surface area contributed by atoms with E-state index in [1.807, 2.05) is 7.05 Å². The number of hydrogen-bond acceptors (Lipinski definition) is 2. The first-order valence-electron chi connectivity index (χ1n) is 6.77. The SMILES string of the molecule is CN[C@H]1CCCN(C(=O)C2CCCCC2)C1.Cl. The maximum absolute atomic E-state index is 12.3. The van der Waals surface area contributed by atoms with Gasteiger partial charge in [0.25, 0.3) is 0 Å². The van der Waals surface area contributed by atoms with Gasteiger partial charge in [-0.3, -0.25) is 4.79 Å². The monoisotopic (exact) mass is 260 g/mol. The van der Waals surface area contributed by atoms with Crippen LogP contribution < -0.4 is 5.32 Å². The highest BCUT2D eigenvalue weighted by Gasteiger charge is 2.28. The maximum atomic E-state index is 12.3. The number of rotatable bonds is 2. The molecule has 1 N–H and O–H groups in total. The third kappa shape index (κ3) is 3.85. The Hall–Kier alpha value is -0.280. The average molecular weight is 261 g/mol. The van der Waals surface area contributed by atoms with E-state index in [2.05, 4.69) is 10.2 Å². The van der Waals surface area contributed by atoms with Gasteiger partial charge in [0.15, 0.2) is 0 Å². The molecule has 2 rings (SSSR count). The summed E-state index contributed by atoms with van der Waals surface area (Å²) in [5.74, 6) is 0.768. The first-order valence-corrected chi connectivity index (χ1v) is 6.77. The number of nitrogens with zero attached hydrogens (tertiary/aromatic N) is 1. The van der Waals surface area contributed by atoms with Gasteiger partial charge in [0, 0.05) is 25.0 Å². The Morgan fingerprint density at radius 1 is 1.12 bits per heavy atom. The van der Waals surface area contributed by atoms with Gasteiger partial charge in [-0.15, -0.1) is 12.4 Å². The lowest BCUT2D eigenvalue weighted by Crippen LogP contribution is -2.49. The van der Waals surface area contributed by atoms with Gasteiger partial charge in [0.2, 0.25) is 5.91 Å². The van der Waals surface area contributed by atoms with Gasteiger partial charge in [-0.1, -0.05) is 19.3 Å². The van der Waals surface area contributed by atoms with Crippen molar-refractivity contribution in [2.75, 3.05) is 20.1 Å². The maximum Gasteiger partial charge on any atom is 0.225 e. The fourth-order valence-electron chi connectivity index (χ4n) is 3.02. The van der Waals surface area contributed by atoms with E-state index < -0.39 is 0 Å². The van der Waals surface area contributed by atoms with Crippen LogP contribution in [-0.4, -0.2) is 37.0 Å². The number of carbonyl (C=O) groups is 1. The van der Waals surface area contributed by atoms with E-state index in [0.717, 1.165) is 32.4 Å². The number of likely N-dealkylation sites (N-methyl/N-ethyl adjacent to an activating group) is 1. The number of hydrogen-bond donors (Lipinski definition) is 1. The Kier molecular flexibility index (Phi) is 6.28. The Labute approximate surface area is 111 Å². The van der Waals surface area contributed by atoms with Crippen LogP contribution in [0.1, 0.15) is 44.9 Å². The molecule has 1 amide bonds. The molecular formula is C13H25ClN2O. The summed E-state index contributed by atoms with van der Waals surface area (Å²) in [6.45, 7) is 1.90. The minimum atomic E-state index is 0. The van der Waals surface area contributed by atoms with Crippen molar-refractivity contribution in [3.8, 4) is 0 Å². The molecule has 1 atom stereocenters. The quantitative estimate of drug-likeness (QED) is 0.826. The molecule has 1 saturated carbocycles. The summed E-state index contributed by atoms with van der Waals surface area (Å²) in [5.41, 5.74) is 0. The Balaban J connectivity index is 0.00000144. The van der Waals surface area contributed by atoms with E-state index in [0.29, 0.717) is 17.9 Å². The van der Waals surface area contributed by atoms with E-state index in [1.54, 1.807) is 0 Å². The van der Waals surface area contributed by atoms with Crippen LogP contribution >= 0.6 is 12.4 Å². The van der Waals surface area contributed by atoms with Crippen LogP contribution in [0.2, 0.25) is 0 Å². The number of amides is 1. The minimum Gasteiger partial charge on any atom is -0.341 e. The third-order valence-corrected chi connectivity index (χ3v) is 4.10. The highest BCUT2D eigenvalue weighted by atomic mass is 35.5. The van der Waals surface area contributed by atoms with Crippen LogP contribution in [0.4, 0.5) is 0 Å². The predicted molar refractivity (Wildman–Crippen MR) is 72.5 cm³/mol. The number of likely N-dealkylation sites (tertiary alicyclic amines) is 1. The summed E-state index contributed by atoms with van der Waals surface area (Å²) < 4.78 is 0. The Bertz CT molecular complexity index is 242. The molecule has 0 aromatic rings. The topological polar surface area (TPSA) is 32.3 Å². The molecule has 3 nitrogen and oxygen atoms in total. The average Bonchev–Trinajstić information content (AvgIpc) is 2.39. The highest BCUT2D eigenvalue weighted by Crippen LogP contribution is 2.26. The molecule has 17 heavy (non-hydrogen) atoms. The van der Waals surface area contributed by atoms with Crippen LogP contribution in [0, 0.1) is 5.92 Å². The summed E-state index contributed by atoms with van der Waals surface area (Å²) in [5, 5.41) is 3.30. The molecule has 0 bridgehead atoms. The second-order valence-corrected chi connectivity index (χ2v) is 5.25. The van der Waals surface area contributed by atoms with Crippen molar-refractivity contribution >= 4 is 18.3 Å². The predicted octanol–water partition coefficient (Wildman–Crippen LogP) is 2.20. The van der Waals surface area contributed by atoms with Crippen LogP contribution in [0.25, 0.3) is 0 Å². The summed E-state index contributed by atoms with van der Waals surface area (Å²) in [6.07, 6.45) is 8.44. The lowest BCUT2D eigenvalue weighted by Gasteiger charge is -2.35. The summed E-state index contributed by atoms with van der Waals surface area (Å²) in [4.78, 5) is 14.4. The molecular weight excluding hydrogens is 236 g/mol. The van der Waals surface area contributed by atoms with Gasteiger partial charge in [-0.05, 0) is 32.7 Å². The second kappa shape index (κ2) is 7.22. The number of nitrogens with one attached hydrogen (secondary N) is 1. The first-order chi connectivity index (χ1) is 7.81. The summed E-state index contributed by atoms with van der Waals surface area (Å²) in [7, 11) is 2.00. The molecule has 0 radical (unpaired) electrons. The molecule has 100 valence electrons. The van der Waals surface area contributed by atoms with Gasteiger partial charge < -0.3 is 10.2 Å². The van der Waals surface area contributed by atoms with Crippen molar-refractivity contribution < 1.29 is 4.79 Å². The minimum absolute atomic E-state index is 0. The summed E-state index contributed by atoms with van der Waals surface area (Å²) in [6, 6.07) is 0.515. The third-order valence-electron chi connectivity index (χ3n) is 4.10. The number of piperidine rings is 1. The Morgan fingerprint density at radius 3 is 2.47 bits per heavy atom. The Morgan fingerprint density at radius 2 is 1.82 bits per heavy atom. The molecule has 2 fully saturated rings. The molecule has 1 aliphatic carbocycles. The van der Waals surface area contributed by atoms with Gasteiger partial charge >= 0.3 is 0 Å². The second-order valence-electron chi connectivity index (χ2n) is 5.25. The number of carbonyl (C=O) groups excluding carboxylic acids is 1. The molecule has 4 heteroatoms. The molecule has 1 saturated heterocycles. The zero-order valence-electron chi connectivity index (χ0n) is 10.8. The molecule has 2 aliphatic rings. The van der Waals surface area contributed by atoms with Gasteiger partial charge in [-0.2, -0.15) is 0 Å². The van der Waals surface area contributed by atoms with E-state index in [1.165, 1.54) is 25.7 Å². The normalized spacial score (nSPS) is 26.4. The molecule has 0 unspecified atom stereocenters. The van der Waals surface area contributed by atoms with Crippen LogP contribution in [0.5, 0.6) is 0 Å². The van der Waals surface area contributed by atoms with E-state index in [4.69, 9.17) is 0 Å². The van der Waals surface area contributed by atoms with Crippen molar-refractivity contribution in [3.05, 3.63) is 0 Å². The van der Waals surface area contributed by atoms with Crippen molar-refractivity contribution in [2.45, 2.75) is 51.0 Å². The van der Waals surface area contributed by atoms with E-state index >= 15 is 0 Å².